The lowest BCUT2D eigenvalue weighted by atomic mass is 9.92. The summed E-state index contributed by atoms with van der Waals surface area (Å²) in [5.41, 5.74) is 0.982. The van der Waals surface area contributed by atoms with Crippen molar-refractivity contribution in [1.29, 1.82) is 0 Å². The Balaban J connectivity index is 1.38. The van der Waals surface area contributed by atoms with Gasteiger partial charge in [0.25, 0.3) is 0 Å². The van der Waals surface area contributed by atoms with Gasteiger partial charge in [0.15, 0.2) is 0 Å². The van der Waals surface area contributed by atoms with Crippen LogP contribution in [0.2, 0.25) is 0 Å². The fourth-order valence-electron chi connectivity index (χ4n) is 5.13. The molecular weight excluding hydrogens is 380 g/mol. The second kappa shape index (κ2) is 8.94. The van der Waals surface area contributed by atoms with E-state index in [4.69, 9.17) is 4.74 Å². The average Bonchev–Trinajstić information content (AvgIpc) is 2.77. The minimum absolute atomic E-state index is 0.0283. The summed E-state index contributed by atoms with van der Waals surface area (Å²) in [6.45, 7) is 9.98. The number of ether oxygens (including phenoxy) is 1. The largest absolute Gasteiger partial charge is 0.381 e. The van der Waals surface area contributed by atoms with Gasteiger partial charge < -0.3 is 19.9 Å². The predicted octanol–water partition coefficient (Wildman–Crippen LogP) is 1.93. The number of piperazine rings is 2. The predicted molar refractivity (Wildman–Crippen MR) is 115 cm³/mol. The third-order valence-electron chi connectivity index (χ3n) is 6.73. The van der Waals surface area contributed by atoms with Crippen LogP contribution in [0.25, 0.3) is 0 Å². The first-order valence-electron chi connectivity index (χ1n) is 11.1. The molecule has 3 aliphatic heterocycles. The number of hydrogen-bond acceptors (Lipinski definition) is 4. The van der Waals surface area contributed by atoms with Gasteiger partial charge in [0.05, 0.1) is 0 Å². The van der Waals surface area contributed by atoms with E-state index in [0.29, 0.717) is 39.4 Å². The van der Waals surface area contributed by atoms with Crippen LogP contribution in [0.3, 0.4) is 0 Å². The Morgan fingerprint density at radius 3 is 2.50 bits per heavy atom. The minimum atomic E-state index is -0.110. The first-order valence-corrected chi connectivity index (χ1v) is 11.1. The normalized spacial score (nSPS) is 24.9. The molecule has 0 aromatic heterocycles. The molecule has 3 fully saturated rings. The molecule has 0 spiro atoms. The second-order valence-corrected chi connectivity index (χ2v) is 9.36. The van der Waals surface area contributed by atoms with Gasteiger partial charge in [-0.1, -0.05) is 30.3 Å². The molecule has 0 saturated carbocycles. The Hall–Kier alpha value is -2.12. The molecule has 3 heterocycles. The van der Waals surface area contributed by atoms with Crippen molar-refractivity contribution in [3.63, 3.8) is 0 Å². The summed E-state index contributed by atoms with van der Waals surface area (Å²) in [7, 11) is 0. The van der Waals surface area contributed by atoms with Crippen molar-refractivity contribution >= 4 is 11.9 Å². The molecule has 164 valence electrons. The first kappa shape index (κ1) is 21.1. The van der Waals surface area contributed by atoms with Gasteiger partial charge in [-0.15, -0.1) is 0 Å². The molecule has 1 aromatic rings. The van der Waals surface area contributed by atoms with Gasteiger partial charge >= 0.3 is 6.03 Å². The molecule has 3 aliphatic rings. The van der Waals surface area contributed by atoms with E-state index in [-0.39, 0.29) is 29.4 Å². The Bertz CT molecular complexity index is 748. The molecule has 0 aliphatic carbocycles. The highest BCUT2D eigenvalue weighted by molar-refractivity contribution is 5.79. The highest BCUT2D eigenvalue weighted by atomic mass is 16.5. The van der Waals surface area contributed by atoms with Crippen LogP contribution < -0.4 is 5.32 Å². The van der Waals surface area contributed by atoms with Crippen LogP contribution in [0, 0.1) is 5.92 Å². The van der Waals surface area contributed by atoms with Crippen molar-refractivity contribution in [1.82, 2.24) is 20.0 Å². The number of fused-ring (bicyclic) bond motifs is 1. The number of nitrogens with zero attached hydrogens (tertiary/aromatic N) is 3. The van der Waals surface area contributed by atoms with E-state index in [9.17, 15) is 9.59 Å². The van der Waals surface area contributed by atoms with E-state index >= 15 is 0 Å². The topological polar surface area (TPSA) is 65.1 Å². The van der Waals surface area contributed by atoms with Gasteiger partial charge in [-0.2, -0.15) is 0 Å². The van der Waals surface area contributed by atoms with E-state index in [0.717, 1.165) is 31.5 Å². The second-order valence-electron chi connectivity index (χ2n) is 9.36. The lowest BCUT2D eigenvalue weighted by Crippen LogP contribution is -2.71. The third kappa shape index (κ3) is 4.62. The smallest absolute Gasteiger partial charge is 0.317 e. The number of amides is 3. The zero-order valence-electron chi connectivity index (χ0n) is 18.2. The maximum absolute atomic E-state index is 13.0. The Kier molecular flexibility index (Phi) is 6.29. The number of benzene rings is 1. The van der Waals surface area contributed by atoms with Gasteiger partial charge in [0.1, 0.15) is 0 Å². The SMILES string of the molecule is CC1(C)CN(C(=O)NCc2ccccc2)C[C@@H]2CN(C(=O)C3CCOCC3)CCN21. The van der Waals surface area contributed by atoms with Crippen molar-refractivity contribution in [2.75, 3.05) is 45.9 Å². The van der Waals surface area contributed by atoms with Crippen molar-refractivity contribution in [2.24, 2.45) is 5.92 Å². The van der Waals surface area contributed by atoms with E-state index in [1.165, 1.54) is 0 Å². The number of carbonyl (C=O) groups excluding carboxylic acids is 2. The maximum Gasteiger partial charge on any atom is 0.317 e. The van der Waals surface area contributed by atoms with Crippen LogP contribution in [0.1, 0.15) is 32.3 Å². The van der Waals surface area contributed by atoms with Crippen LogP contribution in [0.15, 0.2) is 30.3 Å². The van der Waals surface area contributed by atoms with Crippen molar-refractivity contribution in [3.8, 4) is 0 Å². The van der Waals surface area contributed by atoms with Gasteiger partial charge in [0, 0.05) is 70.0 Å². The van der Waals surface area contributed by atoms with E-state index in [1.54, 1.807) is 0 Å². The Labute approximate surface area is 179 Å². The summed E-state index contributed by atoms with van der Waals surface area (Å²) in [5, 5.41) is 3.06. The number of rotatable bonds is 3. The summed E-state index contributed by atoms with van der Waals surface area (Å²) >= 11 is 0. The average molecular weight is 415 g/mol. The highest BCUT2D eigenvalue weighted by Crippen LogP contribution is 2.29. The molecule has 30 heavy (non-hydrogen) atoms. The molecule has 1 aromatic carbocycles. The quantitative estimate of drug-likeness (QED) is 0.821. The van der Waals surface area contributed by atoms with Crippen LogP contribution in [0.4, 0.5) is 4.79 Å². The maximum atomic E-state index is 13.0. The third-order valence-corrected chi connectivity index (χ3v) is 6.73. The molecule has 0 bridgehead atoms. The fourth-order valence-corrected chi connectivity index (χ4v) is 5.13. The van der Waals surface area contributed by atoms with E-state index in [1.807, 2.05) is 40.1 Å². The lowest BCUT2D eigenvalue weighted by molar-refractivity contribution is -0.145. The summed E-state index contributed by atoms with van der Waals surface area (Å²) in [5.74, 6) is 0.355. The molecule has 0 unspecified atom stereocenters. The highest BCUT2D eigenvalue weighted by Gasteiger charge is 2.45. The zero-order valence-corrected chi connectivity index (χ0v) is 18.2. The van der Waals surface area contributed by atoms with Gasteiger partial charge in [-0.3, -0.25) is 9.69 Å². The lowest BCUT2D eigenvalue weighted by Gasteiger charge is -2.55. The monoisotopic (exact) mass is 414 g/mol. The number of hydrogen-bond donors (Lipinski definition) is 1. The Morgan fingerprint density at radius 2 is 1.77 bits per heavy atom. The van der Waals surface area contributed by atoms with Gasteiger partial charge in [-0.25, -0.2) is 4.79 Å². The zero-order chi connectivity index (χ0) is 21.1. The Morgan fingerprint density at radius 1 is 1.07 bits per heavy atom. The number of urea groups is 1. The number of nitrogens with one attached hydrogen (secondary N) is 1. The first-order chi connectivity index (χ1) is 14.4. The van der Waals surface area contributed by atoms with Crippen molar-refractivity contribution < 1.29 is 14.3 Å². The minimum Gasteiger partial charge on any atom is -0.381 e. The summed E-state index contributed by atoms with van der Waals surface area (Å²) in [6.07, 6.45) is 1.65. The number of carbonyl (C=O) groups is 2. The van der Waals surface area contributed by atoms with Crippen molar-refractivity contribution in [3.05, 3.63) is 35.9 Å². The molecule has 4 rings (SSSR count). The van der Waals surface area contributed by atoms with Crippen LogP contribution in [0.5, 0.6) is 0 Å². The molecule has 0 radical (unpaired) electrons. The molecule has 7 nitrogen and oxygen atoms in total. The molecule has 1 N–H and O–H groups in total. The van der Waals surface area contributed by atoms with Gasteiger partial charge in [-0.05, 0) is 32.3 Å². The van der Waals surface area contributed by atoms with Crippen LogP contribution in [-0.4, -0.2) is 84.2 Å². The molecule has 3 amide bonds. The molecular formula is C23H34N4O3. The van der Waals surface area contributed by atoms with E-state index in [2.05, 4.69) is 24.1 Å². The van der Waals surface area contributed by atoms with Crippen LogP contribution in [-0.2, 0) is 16.1 Å². The summed E-state index contributed by atoms with van der Waals surface area (Å²) < 4.78 is 5.42. The van der Waals surface area contributed by atoms with E-state index < -0.39 is 0 Å². The summed E-state index contributed by atoms with van der Waals surface area (Å²) in [6, 6.07) is 10.1. The van der Waals surface area contributed by atoms with Crippen LogP contribution >= 0.6 is 0 Å². The summed E-state index contributed by atoms with van der Waals surface area (Å²) in [4.78, 5) is 32.4. The van der Waals surface area contributed by atoms with Gasteiger partial charge in [0.2, 0.25) is 5.91 Å². The van der Waals surface area contributed by atoms with Crippen molar-refractivity contribution in [2.45, 2.75) is 44.8 Å². The molecule has 1 atom stereocenters. The molecule has 3 saturated heterocycles. The fraction of sp³-hybridized carbons (Fsp3) is 0.652. The standard InChI is InChI=1S/C23H34N4O3/c1-23(2)17-26(22(29)24-14-18-6-4-3-5-7-18)16-20-15-25(10-11-27(20)23)21(28)19-8-12-30-13-9-19/h3-7,19-20H,8-17H2,1-2H3,(H,24,29)/t20-/m0/s1. The molecule has 7 heteroatoms.